The summed E-state index contributed by atoms with van der Waals surface area (Å²) in [5.74, 6) is 3.93. The minimum atomic E-state index is 1.06. The molecule has 4 aliphatic carbocycles. The zero-order chi connectivity index (χ0) is 4.72. The molecule has 2 saturated heterocycles. The quantitative estimate of drug-likeness (QED) is 0.297. The Kier molecular flexibility index (Phi) is 0.124. The monoisotopic (exact) mass is 106 g/mol. The molecule has 3 atom stereocenters. The maximum Gasteiger partial charge on any atom is 0.160 e. The molecule has 0 amide bonds. The van der Waals surface area contributed by atoms with Gasteiger partial charge in [-0.05, 0) is 0 Å². The van der Waals surface area contributed by atoms with Crippen molar-refractivity contribution in [3.63, 3.8) is 0 Å². The molecule has 1 nitrogen and oxygen atoms in total. The topological polar surface area (TPSA) is 0 Å². The van der Waals surface area contributed by atoms with Gasteiger partial charge in [-0.15, -0.1) is 0 Å². The number of rotatable bonds is 0. The maximum absolute atomic E-state index is 1.66. The van der Waals surface area contributed by atoms with Crippen molar-refractivity contribution in [2.24, 2.45) is 17.8 Å². The molecule has 4 saturated carbocycles. The van der Waals surface area contributed by atoms with Gasteiger partial charge in [-0.3, -0.25) is 4.48 Å². The van der Waals surface area contributed by atoms with Crippen molar-refractivity contribution in [3.05, 3.63) is 0 Å². The van der Waals surface area contributed by atoms with Crippen LogP contribution in [0.5, 0.6) is 0 Å². The fourth-order valence-electron chi connectivity index (χ4n) is 4.44. The Bertz CT molecular complexity index is 220. The van der Waals surface area contributed by atoms with Gasteiger partial charge in [0.1, 0.15) is 19.1 Å². The Morgan fingerprint density at radius 1 is 1.25 bits per heavy atom. The van der Waals surface area contributed by atoms with Crippen molar-refractivity contribution < 1.29 is 4.48 Å². The van der Waals surface area contributed by atoms with E-state index < -0.39 is 0 Å². The average molecular weight is 106 g/mol. The summed E-state index contributed by atoms with van der Waals surface area (Å²) in [5.41, 5.74) is 1.06. The average Bonchev–Trinajstić information content (AvgIpc) is 2.40. The second-order valence-corrected chi connectivity index (χ2v) is 4.44. The van der Waals surface area contributed by atoms with Gasteiger partial charge in [0.15, 0.2) is 5.54 Å². The Labute approximate surface area is 47.9 Å². The third-order valence-corrected chi connectivity index (χ3v) is 4.81. The summed E-state index contributed by atoms with van der Waals surface area (Å²) in [6.07, 6.45) is 0. The van der Waals surface area contributed by atoms with Gasteiger partial charge in [0.05, 0.1) is 0 Å². The van der Waals surface area contributed by atoms with Crippen LogP contribution in [-0.4, -0.2) is 29.2 Å². The normalized spacial score (nSPS) is 96.0. The lowest BCUT2D eigenvalue weighted by atomic mass is 9.83. The summed E-state index contributed by atoms with van der Waals surface area (Å²) in [6, 6.07) is 1.28. The lowest BCUT2D eigenvalue weighted by molar-refractivity contribution is -0.677. The second-order valence-electron chi connectivity index (χ2n) is 4.44. The SMILES string of the molecule is C1C[N+]12C1C3C4C3C412. The molecule has 2 heterocycles. The zero-order valence-corrected chi connectivity index (χ0v) is 4.67. The van der Waals surface area contributed by atoms with E-state index in [0.29, 0.717) is 0 Å². The second kappa shape index (κ2) is 0.367. The third-order valence-electron chi connectivity index (χ3n) is 4.81. The van der Waals surface area contributed by atoms with Crippen LogP contribution in [0.3, 0.4) is 0 Å². The minimum Gasteiger partial charge on any atom is -0.296 e. The fourth-order valence-corrected chi connectivity index (χ4v) is 4.44. The van der Waals surface area contributed by atoms with Crippen LogP contribution < -0.4 is 0 Å². The summed E-state index contributed by atoms with van der Waals surface area (Å²) >= 11 is 0. The lowest BCUT2D eigenvalue weighted by Crippen LogP contribution is -2.29. The predicted octanol–water partition coefficient (Wildman–Crippen LogP) is -0.173. The first-order chi connectivity index (χ1) is 3.95. The lowest BCUT2D eigenvalue weighted by Gasteiger charge is -2.08. The molecule has 0 radical (unpaired) electrons. The van der Waals surface area contributed by atoms with Gasteiger partial charge in [0.2, 0.25) is 0 Å². The van der Waals surface area contributed by atoms with Gasteiger partial charge in [-0.2, -0.15) is 0 Å². The summed E-state index contributed by atoms with van der Waals surface area (Å²) in [7, 11) is 0. The van der Waals surface area contributed by atoms with Crippen molar-refractivity contribution in [2.45, 2.75) is 11.6 Å². The van der Waals surface area contributed by atoms with Crippen LogP contribution in [0, 0.1) is 17.8 Å². The Morgan fingerprint density at radius 3 is 2.12 bits per heavy atom. The van der Waals surface area contributed by atoms with Crippen molar-refractivity contribution in [2.75, 3.05) is 13.1 Å². The molecule has 6 rings (SSSR count). The van der Waals surface area contributed by atoms with Crippen molar-refractivity contribution >= 4 is 0 Å². The first-order valence-electron chi connectivity index (χ1n) is 3.81. The number of nitrogens with zero attached hydrogens (tertiary/aromatic N) is 1. The van der Waals surface area contributed by atoms with Crippen molar-refractivity contribution in [3.8, 4) is 0 Å². The smallest absolute Gasteiger partial charge is 0.160 e. The number of quaternary nitrogens is 1. The van der Waals surface area contributed by atoms with Gasteiger partial charge in [-0.25, -0.2) is 0 Å². The molecule has 40 valence electrons. The van der Waals surface area contributed by atoms with E-state index in [9.17, 15) is 0 Å². The van der Waals surface area contributed by atoms with Gasteiger partial charge in [-0.1, -0.05) is 0 Å². The van der Waals surface area contributed by atoms with Gasteiger partial charge in [0.25, 0.3) is 0 Å². The predicted molar refractivity (Wildman–Crippen MR) is 27.0 cm³/mol. The molecule has 0 aromatic carbocycles. The molecular weight excluding hydrogens is 98.1 g/mol. The first kappa shape index (κ1) is 2.70. The van der Waals surface area contributed by atoms with E-state index in [4.69, 9.17) is 0 Å². The fraction of sp³-hybridized carbons (Fsp3) is 1.00. The van der Waals surface area contributed by atoms with E-state index in [1.54, 1.807) is 17.6 Å². The highest BCUT2D eigenvalue weighted by molar-refractivity contribution is 5.58. The highest BCUT2D eigenvalue weighted by Crippen LogP contribution is 3.06. The van der Waals surface area contributed by atoms with E-state index in [2.05, 4.69) is 0 Å². The van der Waals surface area contributed by atoms with E-state index >= 15 is 0 Å². The number of hydrogen-bond donors (Lipinski definition) is 0. The summed E-state index contributed by atoms with van der Waals surface area (Å²) in [6.45, 7) is 3.16. The molecule has 0 aromatic rings. The molecule has 8 heavy (non-hydrogen) atoms. The van der Waals surface area contributed by atoms with E-state index in [0.717, 1.165) is 5.54 Å². The van der Waals surface area contributed by atoms with Crippen LogP contribution in [0.25, 0.3) is 0 Å². The minimum absolute atomic E-state index is 1.06. The maximum atomic E-state index is 1.66. The van der Waals surface area contributed by atoms with Crippen LogP contribution in [0.1, 0.15) is 0 Å². The number of hydrogen-bond acceptors (Lipinski definition) is 0. The van der Waals surface area contributed by atoms with E-state index in [1.807, 2.05) is 0 Å². The number of piperidine rings is 1. The van der Waals surface area contributed by atoms with Gasteiger partial charge in [0, 0.05) is 17.8 Å². The Hall–Kier alpha value is -0.0400. The van der Waals surface area contributed by atoms with Crippen LogP contribution >= 0.6 is 0 Å². The van der Waals surface area contributed by atoms with Crippen molar-refractivity contribution in [1.82, 2.24) is 0 Å². The van der Waals surface area contributed by atoms with E-state index in [-0.39, 0.29) is 0 Å². The summed E-state index contributed by atoms with van der Waals surface area (Å²) < 4.78 is 1.66. The largest absolute Gasteiger partial charge is 0.296 e. The molecule has 6 fully saturated rings. The van der Waals surface area contributed by atoms with Crippen LogP contribution in [0.15, 0.2) is 0 Å². The molecule has 2 aliphatic heterocycles. The molecule has 6 aliphatic rings. The summed E-state index contributed by atoms with van der Waals surface area (Å²) in [5, 5.41) is 0. The van der Waals surface area contributed by atoms with Gasteiger partial charge >= 0.3 is 0 Å². The molecule has 3 unspecified atom stereocenters. The molecular formula is C7H8N+. The van der Waals surface area contributed by atoms with E-state index in [1.165, 1.54) is 23.8 Å². The third kappa shape index (κ3) is 0.0637. The van der Waals surface area contributed by atoms with Crippen LogP contribution in [0.4, 0.5) is 0 Å². The Balaban J connectivity index is 2.02. The molecule has 0 aromatic heterocycles. The highest BCUT2D eigenvalue weighted by Gasteiger charge is 3.24. The molecule has 2 bridgehead atoms. The summed E-state index contributed by atoms with van der Waals surface area (Å²) in [4.78, 5) is 0. The molecule has 0 N–H and O–H groups in total. The Morgan fingerprint density at radius 2 is 2.00 bits per heavy atom. The zero-order valence-electron chi connectivity index (χ0n) is 4.67. The molecule has 1 heteroatoms. The van der Waals surface area contributed by atoms with Crippen LogP contribution in [0.2, 0.25) is 0 Å². The standard InChI is InChI=1S/C7H8N/c1-2-8(1)6-3-4-5(3)7(4,6)8/h3-6H,1-2H2/q+1. The first-order valence-corrected chi connectivity index (χ1v) is 3.81. The van der Waals surface area contributed by atoms with Crippen LogP contribution in [-0.2, 0) is 0 Å². The highest BCUT2D eigenvalue weighted by atomic mass is 15.8. The van der Waals surface area contributed by atoms with Crippen molar-refractivity contribution in [1.29, 1.82) is 0 Å². The molecule has 2 spiro atoms. The van der Waals surface area contributed by atoms with Gasteiger partial charge < -0.3 is 0 Å².